The number of rotatable bonds is 5. The fraction of sp³-hybridized carbons (Fsp3) is 0.625. The minimum atomic E-state index is -0.784. The Morgan fingerprint density at radius 1 is 1.16 bits per heavy atom. The maximum atomic E-state index is 13.2. The van der Waals surface area contributed by atoms with Gasteiger partial charge in [0.25, 0.3) is 0 Å². The first-order valence-corrected chi connectivity index (χ1v) is 6.85. The van der Waals surface area contributed by atoms with Gasteiger partial charge in [-0.2, -0.15) is 0 Å². The lowest BCUT2D eigenvalue weighted by Gasteiger charge is -2.30. The molecule has 0 spiro atoms. The first-order valence-electron chi connectivity index (χ1n) is 6.85. The van der Waals surface area contributed by atoms with Gasteiger partial charge in [-0.25, -0.2) is 8.78 Å². The fourth-order valence-electron chi connectivity index (χ4n) is 2.03. The van der Waals surface area contributed by atoms with Gasteiger partial charge in [0, 0.05) is 6.04 Å². The topological polar surface area (TPSA) is 12.0 Å². The summed E-state index contributed by atoms with van der Waals surface area (Å²) in [6.07, 6.45) is 1.73. The summed E-state index contributed by atoms with van der Waals surface area (Å²) in [6.45, 7) is 8.90. The van der Waals surface area contributed by atoms with Crippen LogP contribution in [-0.2, 0) is 6.42 Å². The number of benzene rings is 1. The third-order valence-corrected chi connectivity index (χ3v) is 3.99. The molecule has 19 heavy (non-hydrogen) atoms. The molecule has 1 N–H and O–H groups in total. The van der Waals surface area contributed by atoms with Crippen LogP contribution in [-0.4, -0.2) is 13.1 Å². The second-order valence-electron chi connectivity index (χ2n) is 6.44. The summed E-state index contributed by atoms with van der Waals surface area (Å²) in [5, 5.41) is 3.27. The molecule has 0 saturated heterocycles. The van der Waals surface area contributed by atoms with Gasteiger partial charge in [-0.1, -0.05) is 33.8 Å². The van der Waals surface area contributed by atoms with Gasteiger partial charge in [0.05, 0.1) is 0 Å². The molecular weight excluding hydrogens is 244 g/mol. The molecule has 108 valence electrons. The van der Waals surface area contributed by atoms with E-state index in [4.69, 9.17) is 0 Å². The number of nitrogens with one attached hydrogen (secondary N) is 1. The lowest BCUT2D eigenvalue weighted by molar-refractivity contribution is 0.225. The van der Waals surface area contributed by atoms with Gasteiger partial charge in [0.2, 0.25) is 0 Å². The third kappa shape index (κ3) is 4.90. The second kappa shape index (κ2) is 6.47. The van der Waals surface area contributed by atoms with Crippen LogP contribution in [0.5, 0.6) is 0 Å². The highest BCUT2D eigenvalue weighted by Gasteiger charge is 2.23. The molecule has 0 saturated carbocycles. The SMILES string of the molecule is CNC(Cc1ccc(F)c(F)c1)CC(C)C(C)(C)C. The van der Waals surface area contributed by atoms with Crippen molar-refractivity contribution in [3.8, 4) is 0 Å². The van der Waals surface area contributed by atoms with E-state index in [1.54, 1.807) is 6.07 Å². The zero-order chi connectivity index (χ0) is 14.6. The van der Waals surface area contributed by atoms with Crippen molar-refractivity contribution in [1.82, 2.24) is 5.32 Å². The van der Waals surface area contributed by atoms with Crippen molar-refractivity contribution in [3.05, 3.63) is 35.4 Å². The molecule has 0 aliphatic carbocycles. The van der Waals surface area contributed by atoms with E-state index in [2.05, 4.69) is 33.0 Å². The van der Waals surface area contributed by atoms with Crippen molar-refractivity contribution in [3.63, 3.8) is 0 Å². The lowest BCUT2D eigenvalue weighted by atomic mass is 9.78. The van der Waals surface area contributed by atoms with E-state index in [0.717, 1.165) is 12.0 Å². The minimum Gasteiger partial charge on any atom is -0.317 e. The quantitative estimate of drug-likeness (QED) is 0.846. The van der Waals surface area contributed by atoms with E-state index < -0.39 is 11.6 Å². The normalized spacial score (nSPS) is 15.3. The van der Waals surface area contributed by atoms with E-state index in [0.29, 0.717) is 12.3 Å². The number of halogens is 2. The summed E-state index contributed by atoms with van der Waals surface area (Å²) < 4.78 is 26.1. The minimum absolute atomic E-state index is 0.253. The zero-order valence-corrected chi connectivity index (χ0v) is 12.6. The van der Waals surface area contributed by atoms with Gasteiger partial charge in [-0.05, 0) is 48.9 Å². The van der Waals surface area contributed by atoms with Crippen LogP contribution in [0.2, 0.25) is 0 Å². The Kier molecular flexibility index (Phi) is 5.48. The van der Waals surface area contributed by atoms with E-state index in [1.165, 1.54) is 12.1 Å². The number of likely N-dealkylation sites (N-methyl/N-ethyl adjacent to an activating group) is 1. The molecule has 2 atom stereocenters. The Morgan fingerprint density at radius 3 is 2.26 bits per heavy atom. The Balaban J connectivity index is 2.69. The van der Waals surface area contributed by atoms with Crippen molar-refractivity contribution in [2.24, 2.45) is 11.3 Å². The molecule has 0 aliphatic heterocycles. The first kappa shape index (κ1) is 16.1. The van der Waals surface area contributed by atoms with Crippen molar-refractivity contribution in [2.75, 3.05) is 7.05 Å². The molecular formula is C16H25F2N. The molecule has 1 aromatic rings. The van der Waals surface area contributed by atoms with Crippen LogP contribution in [0.25, 0.3) is 0 Å². The summed E-state index contributed by atoms with van der Waals surface area (Å²) in [6, 6.07) is 4.43. The molecule has 0 bridgehead atoms. The Labute approximate surface area is 115 Å². The lowest BCUT2D eigenvalue weighted by Crippen LogP contribution is -2.33. The summed E-state index contributed by atoms with van der Waals surface area (Å²) in [4.78, 5) is 0. The molecule has 0 fully saturated rings. The maximum Gasteiger partial charge on any atom is 0.159 e. The van der Waals surface area contributed by atoms with Gasteiger partial charge < -0.3 is 5.32 Å². The predicted octanol–water partition coefficient (Wildman–Crippen LogP) is 4.17. The largest absolute Gasteiger partial charge is 0.317 e. The highest BCUT2D eigenvalue weighted by atomic mass is 19.2. The van der Waals surface area contributed by atoms with Crippen LogP contribution in [0, 0.1) is 23.0 Å². The van der Waals surface area contributed by atoms with Crippen molar-refractivity contribution in [2.45, 2.75) is 46.6 Å². The Bertz CT molecular complexity index is 410. The number of hydrogen-bond donors (Lipinski definition) is 1. The summed E-state index contributed by atoms with van der Waals surface area (Å²) >= 11 is 0. The number of hydrogen-bond acceptors (Lipinski definition) is 1. The highest BCUT2D eigenvalue weighted by molar-refractivity contribution is 5.18. The maximum absolute atomic E-state index is 13.2. The van der Waals surface area contributed by atoms with Crippen molar-refractivity contribution in [1.29, 1.82) is 0 Å². The molecule has 1 nitrogen and oxygen atoms in total. The Hall–Kier alpha value is -0.960. The van der Waals surface area contributed by atoms with Crippen LogP contribution >= 0.6 is 0 Å². The first-order chi connectivity index (χ1) is 8.74. The fourth-order valence-corrected chi connectivity index (χ4v) is 2.03. The van der Waals surface area contributed by atoms with E-state index in [9.17, 15) is 8.78 Å². The second-order valence-corrected chi connectivity index (χ2v) is 6.44. The molecule has 0 amide bonds. The third-order valence-electron chi connectivity index (χ3n) is 3.99. The van der Waals surface area contributed by atoms with Crippen molar-refractivity contribution >= 4 is 0 Å². The molecule has 2 unspecified atom stereocenters. The summed E-state index contributed by atoms with van der Waals surface area (Å²) in [5.74, 6) is -1.00. The van der Waals surface area contributed by atoms with Gasteiger partial charge in [0.1, 0.15) is 0 Å². The summed E-state index contributed by atoms with van der Waals surface area (Å²) in [7, 11) is 1.92. The van der Waals surface area contributed by atoms with Crippen LogP contribution in [0.15, 0.2) is 18.2 Å². The smallest absolute Gasteiger partial charge is 0.159 e. The van der Waals surface area contributed by atoms with Gasteiger partial charge in [-0.3, -0.25) is 0 Å². The predicted molar refractivity (Wildman–Crippen MR) is 76.1 cm³/mol. The molecule has 0 radical (unpaired) electrons. The van der Waals surface area contributed by atoms with Gasteiger partial charge >= 0.3 is 0 Å². The van der Waals surface area contributed by atoms with Crippen LogP contribution in [0.4, 0.5) is 8.78 Å². The van der Waals surface area contributed by atoms with E-state index in [1.807, 2.05) is 7.05 Å². The van der Waals surface area contributed by atoms with Crippen molar-refractivity contribution < 1.29 is 8.78 Å². The molecule has 1 rings (SSSR count). The van der Waals surface area contributed by atoms with Crippen LogP contribution in [0.3, 0.4) is 0 Å². The summed E-state index contributed by atoms with van der Waals surface area (Å²) in [5.41, 5.74) is 1.09. The molecule has 3 heteroatoms. The van der Waals surface area contributed by atoms with Gasteiger partial charge in [-0.15, -0.1) is 0 Å². The molecule has 1 aromatic carbocycles. The van der Waals surface area contributed by atoms with Gasteiger partial charge in [0.15, 0.2) is 11.6 Å². The molecule has 0 aromatic heterocycles. The van der Waals surface area contributed by atoms with E-state index in [-0.39, 0.29) is 11.5 Å². The molecule has 0 aliphatic rings. The highest BCUT2D eigenvalue weighted by Crippen LogP contribution is 2.29. The monoisotopic (exact) mass is 269 g/mol. The molecule has 0 heterocycles. The average molecular weight is 269 g/mol. The van der Waals surface area contributed by atoms with Crippen LogP contribution in [0.1, 0.15) is 39.7 Å². The average Bonchev–Trinajstić information content (AvgIpc) is 2.31. The standard InChI is InChI=1S/C16H25F2N/c1-11(16(2,3)4)8-13(19-5)9-12-6-7-14(17)15(18)10-12/h6-7,10-11,13,19H,8-9H2,1-5H3. The van der Waals surface area contributed by atoms with E-state index >= 15 is 0 Å². The van der Waals surface area contributed by atoms with Crippen LogP contribution < -0.4 is 5.32 Å². The zero-order valence-electron chi connectivity index (χ0n) is 12.6. The Morgan fingerprint density at radius 2 is 1.79 bits per heavy atom.